The molecular weight excluding hydrogens is 170 g/mol. The first-order valence-electron chi connectivity index (χ1n) is 4.27. The van der Waals surface area contributed by atoms with Crippen LogP contribution in [0.1, 0.15) is 25.7 Å². The molecule has 0 radical (unpaired) electrons. The molecule has 1 saturated heterocycles. The molecule has 1 fully saturated rings. The SMILES string of the molecule is [N-]=[N+]=CC(=O)N1CCCCCC1=O. The van der Waals surface area contributed by atoms with Gasteiger partial charge in [-0.2, -0.15) is 4.79 Å². The van der Waals surface area contributed by atoms with Crippen LogP contribution in [0.3, 0.4) is 0 Å². The van der Waals surface area contributed by atoms with Gasteiger partial charge in [-0.05, 0) is 12.8 Å². The van der Waals surface area contributed by atoms with Crippen molar-refractivity contribution < 1.29 is 14.4 Å². The Hall–Kier alpha value is -1.48. The highest BCUT2D eigenvalue weighted by molar-refractivity contribution is 6.27. The monoisotopic (exact) mass is 181 g/mol. The average molecular weight is 181 g/mol. The number of likely N-dealkylation sites (tertiary alicyclic amines) is 1. The van der Waals surface area contributed by atoms with E-state index in [-0.39, 0.29) is 5.91 Å². The fraction of sp³-hybridized carbons (Fsp3) is 0.625. The van der Waals surface area contributed by atoms with Crippen LogP contribution in [0.25, 0.3) is 5.53 Å². The lowest BCUT2D eigenvalue weighted by Gasteiger charge is -2.13. The topological polar surface area (TPSA) is 73.8 Å². The molecule has 0 aromatic carbocycles. The van der Waals surface area contributed by atoms with Gasteiger partial charge in [0.25, 0.3) is 0 Å². The Morgan fingerprint density at radius 3 is 2.92 bits per heavy atom. The number of hydrogen-bond donors (Lipinski definition) is 0. The molecule has 0 aliphatic carbocycles. The molecule has 1 aliphatic rings. The van der Waals surface area contributed by atoms with Gasteiger partial charge in [0, 0.05) is 13.0 Å². The van der Waals surface area contributed by atoms with Crippen molar-refractivity contribution in [2.45, 2.75) is 25.7 Å². The molecule has 0 bridgehead atoms. The Bertz CT molecular complexity index is 269. The van der Waals surface area contributed by atoms with Crippen LogP contribution in [0.5, 0.6) is 0 Å². The van der Waals surface area contributed by atoms with Crippen molar-refractivity contribution in [3.63, 3.8) is 0 Å². The van der Waals surface area contributed by atoms with Gasteiger partial charge in [-0.3, -0.25) is 14.5 Å². The van der Waals surface area contributed by atoms with Gasteiger partial charge < -0.3 is 5.53 Å². The molecule has 1 aliphatic heterocycles. The maximum Gasteiger partial charge on any atom is 0.345 e. The molecule has 0 unspecified atom stereocenters. The Morgan fingerprint density at radius 1 is 1.46 bits per heavy atom. The van der Waals surface area contributed by atoms with E-state index >= 15 is 0 Å². The van der Waals surface area contributed by atoms with E-state index in [2.05, 4.69) is 4.79 Å². The molecule has 0 N–H and O–H groups in total. The van der Waals surface area contributed by atoms with E-state index in [1.807, 2.05) is 0 Å². The van der Waals surface area contributed by atoms with E-state index < -0.39 is 5.91 Å². The van der Waals surface area contributed by atoms with E-state index in [0.29, 0.717) is 13.0 Å². The van der Waals surface area contributed by atoms with Crippen molar-refractivity contribution in [1.29, 1.82) is 0 Å². The molecule has 2 amide bonds. The van der Waals surface area contributed by atoms with E-state index in [1.54, 1.807) is 0 Å². The summed E-state index contributed by atoms with van der Waals surface area (Å²) in [6.45, 7) is 0.434. The van der Waals surface area contributed by atoms with Gasteiger partial charge >= 0.3 is 12.1 Å². The lowest BCUT2D eigenvalue weighted by atomic mass is 10.2. The third-order valence-corrected chi connectivity index (χ3v) is 2.01. The maximum absolute atomic E-state index is 11.3. The van der Waals surface area contributed by atoms with Crippen LogP contribution in [0.4, 0.5) is 0 Å². The van der Waals surface area contributed by atoms with E-state index in [1.165, 1.54) is 0 Å². The molecule has 0 spiro atoms. The van der Waals surface area contributed by atoms with Crippen LogP contribution in [0.15, 0.2) is 0 Å². The molecule has 5 nitrogen and oxygen atoms in total. The third kappa shape index (κ3) is 2.49. The predicted molar refractivity (Wildman–Crippen MR) is 44.9 cm³/mol. The molecule has 0 saturated carbocycles. The number of hydrogen-bond acceptors (Lipinski definition) is 2. The van der Waals surface area contributed by atoms with Gasteiger partial charge in [0.05, 0.1) is 0 Å². The summed E-state index contributed by atoms with van der Waals surface area (Å²) in [7, 11) is 0. The van der Waals surface area contributed by atoms with Gasteiger partial charge in [0.2, 0.25) is 5.91 Å². The fourth-order valence-electron chi connectivity index (χ4n) is 1.33. The molecule has 0 aromatic rings. The summed E-state index contributed by atoms with van der Waals surface area (Å²) >= 11 is 0. The van der Waals surface area contributed by atoms with Gasteiger partial charge in [0.1, 0.15) is 0 Å². The quantitative estimate of drug-likeness (QED) is 0.329. The Labute approximate surface area is 76.0 Å². The summed E-state index contributed by atoms with van der Waals surface area (Å²) in [6, 6.07) is 0. The summed E-state index contributed by atoms with van der Waals surface area (Å²) in [5, 5.41) is 0. The minimum absolute atomic E-state index is 0.178. The molecule has 5 heteroatoms. The number of carbonyl (C=O) groups excluding carboxylic acids is 2. The lowest BCUT2D eigenvalue weighted by Crippen LogP contribution is -2.37. The zero-order valence-corrected chi connectivity index (χ0v) is 7.27. The van der Waals surface area contributed by atoms with Crippen molar-refractivity contribution in [3.8, 4) is 0 Å². The number of rotatable bonds is 1. The van der Waals surface area contributed by atoms with Crippen LogP contribution in [-0.2, 0) is 9.59 Å². The van der Waals surface area contributed by atoms with Crippen molar-refractivity contribution in [1.82, 2.24) is 4.90 Å². The first kappa shape index (κ1) is 9.61. The van der Waals surface area contributed by atoms with Crippen molar-refractivity contribution >= 4 is 18.0 Å². The van der Waals surface area contributed by atoms with Crippen molar-refractivity contribution in [2.75, 3.05) is 6.54 Å². The fourth-order valence-corrected chi connectivity index (χ4v) is 1.33. The van der Waals surface area contributed by atoms with Crippen LogP contribution < -0.4 is 0 Å². The molecular formula is C8H11N3O2. The second-order valence-electron chi connectivity index (χ2n) is 2.94. The zero-order chi connectivity index (χ0) is 9.68. The van der Waals surface area contributed by atoms with Gasteiger partial charge in [0.15, 0.2) is 0 Å². The van der Waals surface area contributed by atoms with Crippen LogP contribution in [-0.4, -0.2) is 34.3 Å². The lowest BCUT2D eigenvalue weighted by molar-refractivity contribution is -0.142. The van der Waals surface area contributed by atoms with E-state index in [4.69, 9.17) is 5.53 Å². The summed E-state index contributed by atoms with van der Waals surface area (Å²) < 4.78 is 0. The van der Waals surface area contributed by atoms with E-state index in [0.717, 1.165) is 30.4 Å². The summed E-state index contributed by atoms with van der Waals surface area (Å²) in [5.74, 6) is -0.711. The minimum Gasteiger partial charge on any atom is -0.361 e. The largest absolute Gasteiger partial charge is 0.361 e. The first-order chi connectivity index (χ1) is 6.25. The summed E-state index contributed by atoms with van der Waals surface area (Å²) in [5.41, 5.74) is 8.13. The summed E-state index contributed by atoms with van der Waals surface area (Å²) in [6.07, 6.45) is 3.79. The van der Waals surface area contributed by atoms with Crippen LogP contribution in [0.2, 0.25) is 0 Å². The molecule has 1 heterocycles. The number of nitrogens with zero attached hydrogens (tertiary/aromatic N) is 3. The highest BCUT2D eigenvalue weighted by Crippen LogP contribution is 2.10. The molecule has 0 aromatic heterocycles. The van der Waals surface area contributed by atoms with Crippen LogP contribution in [0, 0.1) is 0 Å². The van der Waals surface area contributed by atoms with Crippen molar-refractivity contribution in [2.24, 2.45) is 0 Å². The Morgan fingerprint density at radius 2 is 2.23 bits per heavy atom. The highest BCUT2D eigenvalue weighted by Gasteiger charge is 2.23. The number of amides is 2. The second kappa shape index (κ2) is 4.52. The second-order valence-corrected chi connectivity index (χ2v) is 2.94. The Kier molecular flexibility index (Phi) is 3.34. The first-order valence-corrected chi connectivity index (χ1v) is 4.27. The Balaban J connectivity index is 2.69. The third-order valence-electron chi connectivity index (χ3n) is 2.01. The number of carbonyl (C=O) groups is 2. The average Bonchev–Trinajstić information content (AvgIpc) is 2.30. The summed E-state index contributed by atoms with van der Waals surface area (Å²) in [4.78, 5) is 26.2. The van der Waals surface area contributed by atoms with Gasteiger partial charge in [-0.25, -0.2) is 0 Å². The minimum atomic E-state index is -0.533. The van der Waals surface area contributed by atoms with Gasteiger partial charge in [-0.1, -0.05) is 6.42 Å². The molecule has 13 heavy (non-hydrogen) atoms. The predicted octanol–water partition coefficient (Wildman–Crippen LogP) is 0.216. The van der Waals surface area contributed by atoms with Gasteiger partial charge in [-0.15, -0.1) is 0 Å². The number of imide groups is 1. The molecule has 1 rings (SSSR count). The molecule has 70 valence electrons. The van der Waals surface area contributed by atoms with Crippen LogP contribution >= 0.6 is 0 Å². The standard InChI is InChI=1S/C8H11N3O2/c9-10-6-8(13)11-5-3-1-2-4-7(11)12/h6H,1-5H2. The highest BCUT2D eigenvalue weighted by atomic mass is 16.2. The smallest absolute Gasteiger partial charge is 0.345 e. The normalized spacial score (nSPS) is 17.5. The zero-order valence-electron chi connectivity index (χ0n) is 7.27. The maximum atomic E-state index is 11.3. The van der Waals surface area contributed by atoms with E-state index in [9.17, 15) is 9.59 Å². The molecule has 0 atom stereocenters. The van der Waals surface area contributed by atoms with Crippen molar-refractivity contribution in [3.05, 3.63) is 5.53 Å².